The number of benzene rings is 2. The third-order valence-corrected chi connectivity index (χ3v) is 5.15. The maximum Gasteiger partial charge on any atom is 0.293 e. The molecule has 3 amide bonds. The molecule has 0 aliphatic carbocycles. The predicted octanol–water partition coefficient (Wildman–Crippen LogP) is 3.95. The summed E-state index contributed by atoms with van der Waals surface area (Å²) in [6.07, 6.45) is -0.191. The van der Waals surface area contributed by atoms with E-state index >= 15 is 0 Å². The van der Waals surface area contributed by atoms with E-state index in [9.17, 15) is 19.5 Å². The average Bonchev–Trinajstić information content (AvgIpc) is 2.85. The molecule has 2 N–H and O–H groups in total. The number of phenols is 1. The second-order valence-electron chi connectivity index (χ2n) is 5.75. The highest BCUT2D eigenvalue weighted by molar-refractivity contribution is 8.15. The molecule has 1 heterocycles. The number of hydrogen-bond acceptors (Lipinski definition) is 5. The molecule has 1 atom stereocenters. The maximum atomic E-state index is 12.6. The number of imide groups is 1. The molecular formula is C18H15ClN2O4S. The molecule has 1 aliphatic rings. The maximum absolute atomic E-state index is 12.6. The van der Waals surface area contributed by atoms with E-state index in [-0.39, 0.29) is 17.9 Å². The largest absolute Gasteiger partial charge is 0.506 e. The number of carbonyl (C=O) groups is 3. The number of halogens is 1. The lowest BCUT2D eigenvalue weighted by atomic mass is 10.1. The van der Waals surface area contributed by atoms with Gasteiger partial charge in [-0.1, -0.05) is 29.8 Å². The van der Waals surface area contributed by atoms with E-state index in [4.69, 9.17) is 11.6 Å². The average molecular weight is 391 g/mol. The van der Waals surface area contributed by atoms with E-state index in [2.05, 4.69) is 5.32 Å². The van der Waals surface area contributed by atoms with Crippen molar-refractivity contribution in [2.75, 3.05) is 10.2 Å². The van der Waals surface area contributed by atoms with Gasteiger partial charge in [-0.2, -0.15) is 0 Å². The molecule has 0 spiro atoms. The van der Waals surface area contributed by atoms with Gasteiger partial charge in [-0.15, -0.1) is 0 Å². The molecule has 0 saturated carbocycles. The number of thioether (sulfide) groups is 1. The van der Waals surface area contributed by atoms with Gasteiger partial charge in [-0.05, 0) is 48.5 Å². The summed E-state index contributed by atoms with van der Waals surface area (Å²) in [5.41, 5.74) is 1.47. The van der Waals surface area contributed by atoms with E-state index in [0.29, 0.717) is 10.7 Å². The Morgan fingerprint density at radius 1 is 1.27 bits per heavy atom. The van der Waals surface area contributed by atoms with Gasteiger partial charge < -0.3 is 10.4 Å². The minimum Gasteiger partial charge on any atom is -0.506 e. The summed E-state index contributed by atoms with van der Waals surface area (Å²) < 4.78 is 0. The fraction of sp³-hybridized carbons (Fsp3) is 0.167. The van der Waals surface area contributed by atoms with Crippen molar-refractivity contribution < 1.29 is 19.5 Å². The monoisotopic (exact) mass is 390 g/mol. The van der Waals surface area contributed by atoms with E-state index in [1.165, 1.54) is 18.2 Å². The number of aryl methyl sites for hydroxylation is 1. The molecule has 0 bridgehead atoms. The molecular weight excluding hydrogens is 376 g/mol. The van der Waals surface area contributed by atoms with Gasteiger partial charge in [-0.25, -0.2) is 4.90 Å². The van der Waals surface area contributed by atoms with Crippen LogP contribution < -0.4 is 10.2 Å². The lowest BCUT2D eigenvalue weighted by Crippen LogP contribution is -2.33. The topological polar surface area (TPSA) is 86.7 Å². The number of nitrogens with one attached hydrogen (secondary N) is 1. The summed E-state index contributed by atoms with van der Waals surface area (Å²) in [5, 5.41) is 11.4. The SMILES string of the molecule is Cc1ccccc1N1C(=O)SC(CC(=O)Nc2cc(Cl)ccc2O)C1=O. The summed E-state index contributed by atoms with van der Waals surface area (Å²) in [5.74, 6) is -1.06. The van der Waals surface area contributed by atoms with Gasteiger partial charge in [0.1, 0.15) is 11.0 Å². The van der Waals surface area contributed by atoms with Gasteiger partial charge in [0.25, 0.3) is 5.24 Å². The van der Waals surface area contributed by atoms with Crippen LogP contribution in [0.5, 0.6) is 5.75 Å². The Kier molecular flexibility index (Phi) is 5.20. The molecule has 0 radical (unpaired) electrons. The lowest BCUT2D eigenvalue weighted by molar-refractivity contribution is -0.121. The molecule has 1 fully saturated rings. The molecule has 3 rings (SSSR count). The Morgan fingerprint density at radius 3 is 2.73 bits per heavy atom. The third-order valence-electron chi connectivity index (χ3n) is 3.88. The molecule has 0 aromatic heterocycles. The lowest BCUT2D eigenvalue weighted by Gasteiger charge is -2.16. The number of para-hydroxylation sites is 1. The quantitative estimate of drug-likeness (QED) is 0.772. The molecule has 26 heavy (non-hydrogen) atoms. The van der Waals surface area contributed by atoms with E-state index in [0.717, 1.165) is 22.2 Å². The molecule has 1 saturated heterocycles. The number of phenolic OH excluding ortho intramolecular Hbond substituents is 1. The van der Waals surface area contributed by atoms with Crippen molar-refractivity contribution in [3.05, 3.63) is 53.1 Å². The van der Waals surface area contributed by atoms with Crippen molar-refractivity contribution >= 4 is 51.8 Å². The van der Waals surface area contributed by atoms with Crippen molar-refractivity contribution in [2.45, 2.75) is 18.6 Å². The summed E-state index contributed by atoms with van der Waals surface area (Å²) in [4.78, 5) is 38.2. The van der Waals surface area contributed by atoms with E-state index in [1.807, 2.05) is 19.1 Å². The van der Waals surface area contributed by atoms with Crippen LogP contribution in [-0.2, 0) is 9.59 Å². The Labute approximate surface area is 159 Å². The first-order valence-corrected chi connectivity index (χ1v) is 9.01. The van der Waals surface area contributed by atoms with Crippen LogP contribution >= 0.6 is 23.4 Å². The minimum atomic E-state index is -0.816. The summed E-state index contributed by atoms with van der Waals surface area (Å²) in [6.45, 7) is 1.81. The van der Waals surface area contributed by atoms with Crippen LogP contribution in [0.15, 0.2) is 42.5 Å². The second kappa shape index (κ2) is 7.39. The Hall–Kier alpha value is -2.51. The highest BCUT2D eigenvalue weighted by Crippen LogP contribution is 2.35. The van der Waals surface area contributed by atoms with Crippen molar-refractivity contribution in [2.24, 2.45) is 0 Å². The number of aromatic hydroxyl groups is 1. The van der Waals surface area contributed by atoms with E-state index in [1.54, 1.807) is 12.1 Å². The number of anilines is 2. The zero-order valence-electron chi connectivity index (χ0n) is 13.7. The summed E-state index contributed by atoms with van der Waals surface area (Å²) in [7, 11) is 0. The van der Waals surface area contributed by atoms with Gasteiger partial charge in [0.15, 0.2) is 0 Å². The van der Waals surface area contributed by atoms with Gasteiger partial charge >= 0.3 is 0 Å². The Bertz CT molecular complexity index is 903. The molecule has 6 nitrogen and oxygen atoms in total. The van der Waals surface area contributed by atoms with Crippen molar-refractivity contribution in [1.29, 1.82) is 0 Å². The third kappa shape index (κ3) is 3.68. The smallest absolute Gasteiger partial charge is 0.293 e. The predicted molar refractivity (Wildman–Crippen MR) is 102 cm³/mol. The first kappa shape index (κ1) is 18.3. The zero-order valence-corrected chi connectivity index (χ0v) is 15.3. The van der Waals surface area contributed by atoms with Gasteiger partial charge in [-0.3, -0.25) is 14.4 Å². The Morgan fingerprint density at radius 2 is 2.00 bits per heavy atom. The number of amides is 3. The van der Waals surface area contributed by atoms with Crippen LogP contribution in [0.3, 0.4) is 0 Å². The zero-order chi connectivity index (χ0) is 18.8. The number of carbonyl (C=O) groups excluding carboxylic acids is 3. The first-order valence-electron chi connectivity index (χ1n) is 7.75. The summed E-state index contributed by atoms with van der Waals surface area (Å²) in [6, 6.07) is 11.3. The van der Waals surface area contributed by atoms with Gasteiger partial charge in [0.05, 0.1) is 11.4 Å². The fourth-order valence-electron chi connectivity index (χ4n) is 2.60. The standard InChI is InChI=1S/C18H15ClN2O4S/c1-10-4-2-3-5-13(10)21-17(24)15(26-18(21)25)9-16(23)20-12-8-11(19)6-7-14(12)22/h2-8,15,22H,9H2,1H3,(H,20,23). The highest BCUT2D eigenvalue weighted by atomic mass is 35.5. The highest BCUT2D eigenvalue weighted by Gasteiger charge is 2.42. The molecule has 1 aliphatic heterocycles. The Balaban J connectivity index is 1.72. The van der Waals surface area contributed by atoms with Gasteiger partial charge in [0, 0.05) is 11.4 Å². The van der Waals surface area contributed by atoms with Crippen molar-refractivity contribution in [3.8, 4) is 5.75 Å². The normalized spacial score (nSPS) is 16.8. The van der Waals surface area contributed by atoms with Crippen LogP contribution in [0.1, 0.15) is 12.0 Å². The van der Waals surface area contributed by atoms with Crippen LogP contribution in [0.25, 0.3) is 0 Å². The summed E-state index contributed by atoms with van der Waals surface area (Å²) >= 11 is 6.66. The van der Waals surface area contributed by atoms with Crippen LogP contribution in [0.2, 0.25) is 5.02 Å². The molecule has 2 aromatic rings. The molecule has 134 valence electrons. The van der Waals surface area contributed by atoms with Crippen molar-refractivity contribution in [1.82, 2.24) is 0 Å². The first-order chi connectivity index (χ1) is 12.4. The number of nitrogens with zero attached hydrogens (tertiary/aromatic N) is 1. The number of hydrogen-bond donors (Lipinski definition) is 2. The van der Waals surface area contributed by atoms with E-state index < -0.39 is 22.3 Å². The number of rotatable bonds is 4. The van der Waals surface area contributed by atoms with Crippen LogP contribution in [0.4, 0.5) is 16.2 Å². The minimum absolute atomic E-state index is 0.134. The fourth-order valence-corrected chi connectivity index (χ4v) is 3.75. The van der Waals surface area contributed by atoms with Gasteiger partial charge in [0.2, 0.25) is 11.8 Å². The molecule has 2 aromatic carbocycles. The van der Waals surface area contributed by atoms with Crippen LogP contribution in [0, 0.1) is 6.92 Å². The molecule has 8 heteroatoms. The van der Waals surface area contributed by atoms with Crippen molar-refractivity contribution in [3.63, 3.8) is 0 Å². The second-order valence-corrected chi connectivity index (χ2v) is 7.34. The molecule has 1 unspecified atom stereocenters. The van der Waals surface area contributed by atoms with Crippen LogP contribution in [-0.4, -0.2) is 27.4 Å².